The van der Waals surface area contributed by atoms with Crippen molar-refractivity contribution in [2.75, 3.05) is 5.32 Å². The highest BCUT2D eigenvalue weighted by Crippen LogP contribution is 2.28. The van der Waals surface area contributed by atoms with E-state index >= 15 is 0 Å². The lowest BCUT2D eigenvalue weighted by atomic mass is 10.3. The molecule has 1 N–H and O–H groups in total. The van der Waals surface area contributed by atoms with Crippen LogP contribution in [0.15, 0.2) is 30.5 Å². The molecule has 0 radical (unpaired) electrons. The van der Waals surface area contributed by atoms with Crippen LogP contribution in [-0.4, -0.2) is 4.98 Å². The number of nitrogens with zero attached hydrogens (tertiary/aromatic N) is 1. The SMILES string of the molecule is CC(Nc1ccc(Cl)cn1)c1ccc(Cl)s1. The van der Waals surface area contributed by atoms with Gasteiger partial charge in [-0.25, -0.2) is 4.98 Å². The van der Waals surface area contributed by atoms with Crippen molar-refractivity contribution >= 4 is 40.4 Å². The van der Waals surface area contributed by atoms with Crippen LogP contribution in [0.1, 0.15) is 17.8 Å². The van der Waals surface area contributed by atoms with Crippen molar-refractivity contribution in [3.63, 3.8) is 0 Å². The summed E-state index contributed by atoms with van der Waals surface area (Å²) in [5.74, 6) is 0.807. The normalized spacial score (nSPS) is 12.4. The van der Waals surface area contributed by atoms with Gasteiger partial charge in [-0.2, -0.15) is 0 Å². The number of nitrogens with one attached hydrogen (secondary N) is 1. The van der Waals surface area contributed by atoms with Crippen LogP contribution < -0.4 is 5.32 Å². The van der Waals surface area contributed by atoms with Crippen molar-refractivity contribution in [1.82, 2.24) is 4.98 Å². The minimum absolute atomic E-state index is 0.186. The molecule has 0 spiro atoms. The molecule has 2 heterocycles. The Balaban J connectivity index is 2.07. The third-order valence-electron chi connectivity index (χ3n) is 2.11. The maximum absolute atomic E-state index is 5.89. The van der Waals surface area contributed by atoms with Crippen LogP contribution >= 0.6 is 34.5 Å². The van der Waals surface area contributed by atoms with E-state index in [-0.39, 0.29) is 6.04 Å². The van der Waals surface area contributed by atoms with E-state index in [1.165, 1.54) is 4.88 Å². The van der Waals surface area contributed by atoms with E-state index in [1.54, 1.807) is 17.5 Å². The average molecular weight is 273 g/mol. The molecule has 0 saturated carbocycles. The molecule has 0 fully saturated rings. The first kappa shape index (κ1) is 11.7. The summed E-state index contributed by atoms with van der Waals surface area (Å²) < 4.78 is 0.799. The number of rotatable bonds is 3. The fraction of sp³-hybridized carbons (Fsp3) is 0.182. The van der Waals surface area contributed by atoms with Crippen LogP contribution in [-0.2, 0) is 0 Å². The third-order valence-corrected chi connectivity index (χ3v) is 3.75. The molecule has 2 nitrogen and oxygen atoms in total. The highest BCUT2D eigenvalue weighted by Gasteiger charge is 2.08. The summed E-state index contributed by atoms with van der Waals surface area (Å²) in [6, 6.07) is 7.76. The second kappa shape index (κ2) is 5.04. The molecule has 0 amide bonds. The van der Waals surface area contributed by atoms with Gasteiger partial charge in [-0.3, -0.25) is 0 Å². The molecule has 0 bridgehead atoms. The van der Waals surface area contributed by atoms with Crippen LogP contribution in [0.25, 0.3) is 0 Å². The molecule has 0 aliphatic carbocycles. The van der Waals surface area contributed by atoms with Crippen molar-refractivity contribution in [2.24, 2.45) is 0 Å². The number of anilines is 1. The van der Waals surface area contributed by atoms with E-state index in [4.69, 9.17) is 23.2 Å². The van der Waals surface area contributed by atoms with Gasteiger partial charge in [0.2, 0.25) is 0 Å². The zero-order valence-electron chi connectivity index (χ0n) is 8.58. The first-order valence-electron chi connectivity index (χ1n) is 4.78. The lowest BCUT2D eigenvalue weighted by Crippen LogP contribution is -2.05. The second-order valence-electron chi connectivity index (χ2n) is 3.37. The quantitative estimate of drug-likeness (QED) is 0.882. The molecule has 1 unspecified atom stereocenters. The number of hydrogen-bond donors (Lipinski definition) is 1. The molecule has 0 aliphatic heterocycles. The van der Waals surface area contributed by atoms with Crippen LogP contribution in [0.3, 0.4) is 0 Å². The van der Waals surface area contributed by atoms with Gasteiger partial charge in [0.15, 0.2) is 0 Å². The van der Waals surface area contributed by atoms with E-state index in [9.17, 15) is 0 Å². The Bertz CT molecular complexity index is 467. The highest BCUT2D eigenvalue weighted by molar-refractivity contribution is 7.16. The minimum Gasteiger partial charge on any atom is -0.363 e. The number of aromatic nitrogens is 1. The first-order valence-corrected chi connectivity index (χ1v) is 6.36. The van der Waals surface area contributed by atoms with E-state index in [1.807, 2.05) is 24.3 Å². The lowest BCUT2D eigenvalue weighted by Gasteiger charge is -2.12. The highest BCUT2D eigenvalue weighted by atomic mass is 35.5. The summed E-state index contributed by atoms with van der Waals surface area (Å²) in [4.78, 5) is 5.36. The van der Waals surface area contributed by atoms with Crippen molar-refractivity contribution in [2.45, 2.75) is 13.0 Å². The molecule has 2 aromatic heterocycles. The zero-order chi connectivity index (χ0) is 11.5. The molecule has 16 heavy (non-hydrogen) atoms. The van der Waals surface area contributed by atoms with Gasteiger partial charge in [0.05, 0.1) is 15.4 Å². The summed E-state index contributed by atoms with van der Waals surface area (Å²) in [6.07, 6.45) is 1.62. The fourth-order valence-corrected chi connectivity index (χ4v) is 2.49. The Morgan fingerprint density at radius 1 is 1.25 bits per heavy atom. The molecule has 0 aliphatic rings. The molecule has 2 aromatic rings. The third kappa shape index (κ3) is 2.88. The van der Waals surface area contributed by atoms with Crippen molar-refractivity contribution in [3.8, 4) is 0 Å². The molecule has 0 saturated heterocycles. The molecule has 5 heteroatoms. The van der Waals surface area contributed by atoms with Gasteiger partial charge in [-0.15, -0.1) is 11.3 Å². The molecule has 84 valence electrons. The van der Waals surface area contributed by atoms with Crippen LogP contribution in [0.4, 0.5) is 5.82 Å². The number of hydrogen-bond acceptors (Lipinski definition) is 3. The number of pyridine rings is 1. The Morgan fingerprint density at radius 2 is 2.06 bits per heavy atom. The van der Waals surface area contributed by atoms with Gasteiger partial charge in [0, 0.05) is 11.1 Å². The average Bonchev–Trinajstić information content (AvgIpc) is 2.68. The monoisotopic (exact) mass is 272 g/mol. The van der Waals surface area contributed by atoms with Gasteiger partial charge < -0.3 is 5.32 Å². The largest absolute Gasteiger partial charge is 0.363 e. The summed E-state index contributed by atoms with van der Waals surface area (Å²) >= 11 is 13.2. The Morgan fingerprint density at radius 3 is 2.62 bits per heavy atom. The second-order valence-corrected chi connectivity index (χ2v) is 5.55. The van der Waals surface area contributed by atoms with Crippen LogP contribution in [0.2, 0.25) is 9.36 Å². The summed E-state index contributed by atoms with van der Waals surface area (Å²) in [7, 11) is 0. The van der Waals surface area contributed by atoms with Crippen molar-refractivity contribution < 1.29 is 0 Å². The van der Waals surface area contributed by atoms with Crippen molar-refractivity contribution in [1.29, 1.82) is 0 Å². The maximum Gasteiger partial charge on any atom is 0.126 e. The lowest BCUT2D eigenvalue weighted by molar-refractivity contribution is 0.896. The van der Waals surface area contributed by atoms with E-state index in [0.717, 1.165) is 10.2 Å². The van der Waals surface area contributed by atoms with E-state index in [2.05, 4.69) is 17.2 Å². The van der Waals surface area contributed by atoms with Gasteiger partial charge in [-0.05, 0) is 31.2 Å². The van der Waals surface area contributed by atoms with Gasteiger partial charge in [-0.1, -0.05) is 23.2 Å². The molecular formula is C11H10Cl2N2S. The van der Waals surface area contributed by atoms with Gasteiger partial charge in [0.25, 0.3) is 0 Å². The molecule has 2 rings (SSSR count). The van der Waals surface area contributed by atoms with Gasteiger partial charge in [0.1, 0.15) is 5.82 Å². The van der Waals surface area contributed by atoms with Crippen LogP contribution in [0, 0.1) is 0 Å². The number of halogens is 2. The summed E-state index contributed by atoms with van der Waals surface area (Å²) in [6.45, 7) is 2.07. The zero-order valence-corrected chi connectivity index (χ0v) is 10.9. The summed E-state index contributed by atoms with van der Waals surface area (Å²) in [5, 5.41) is 3.92. The number of thiophene rings is 1. The topological polar surface area (TPSA) is 24.9 Å². The predicted octanol–water partition coefficient (Wildman–Crippen LogP) is 4.62. The molecule has 1 atom stereocenters. The van der Waals surface area contributed by atoms with E-state index in [0.29, 0.717) is 5.02 Å². The van der Waals surface area contributed by atoms with Crippen molar-refractivity contribution in [3.05, 3.63) is 44.7 Å². The maximum atomic E-state index is 5.89. The Hall–Kier alpha value is -0.770. The Kier molecular flexibility index (Phi) is 3.69. The Labute approximate surface area is 108 Å². The standard InChI is InChI=1S/C11H10Cl2N2S/c1-7(9-3-4-10(13)16-9)15-11-5-2-8(12)6-14-11/h2-7H,1H3,(H,14,15). The predicted molar refractivity (Wildman–Crippen MR) is 70.6 cm³/mol. The smallest absolute Gasteiger partial charge is 0.126 e. The summed E-state index contributed by atoms with van der Waals surface area (Å²) in [5.41, 5.74) is 0. The van der Waals surface area contributed by atoms with Crippen LogP contribution in [0.5, 0.6) is 0 Å². The van der Waals surface area contributed by atoms with E-state index < -0.39 is 0 Å². The molecule has 0 aromatic carbocycles. The first-order chi connectivity index (χ1) is 7.65. The fourth-order valence-electron chi connectivity index (χ4n) is 1.32. The molecular weight excluding hydrogens is 263 g/mol. The van der Waals surface area contributed by atoms with Gasteiger partial charge >= 0.3 is 0 Å². The minimum atomic E-state index is 0.186.